The minimum Gasteiger partial charge on any atom is -0.354 e. The van der Waals surface area contributed by atoms with E-state index >= 15 is 0 Å². The number of carbonyl (C=O) groups is 2. The Morgan fingerprint density at radius 3 is 2.66 bits per heavy atom. The summed E-state index contributed by atoms with van der Waals surface area (Å²) in [4.78, 5) is 40.7. The summed E-state index contributed by atoms with van der Waals surface area (Å²) in [6.07, 6.45) is 1.16. The summed E-state index contributed by atoms with van der Waals surface area (Å²) in [6.45, 7) is 4.05. The Labute approximate surface area is 172 Å². The van der Waals surface area contributed by atoms with Gasteiger partial charge in [-0.05, 0) is 42.5 Å². The largest absolute Gasteiger partial charge is 0.354 e. The number of aryl methyl sites for hydroxylation is 1. The topological polar surface area (TPSA) is 76.3 Å². The Hall–Kier alpha value is -2.87. The number of thiophene rings is 1. The molecule has 2 amide bonds. The first-order valence-corrected chi connectivity index (χ1v) is 10.7. The van der Waals surface area contributed by atoms with Gasteiger partial charge in [0.1, 0.15) is 6.54 Å². The maximum Gasteiger partial charge on any atom is 0.329 e. The standard InChI is InChI=1S/C21H24N4O3S/c1-2-24-16-5-3-4-6-17(16)25(21(24)28)14-19(26)22-10-7-20(27)23-11-8-18-15(13-23)9-12-29-18/h3-6,9,12H,2,7-8,10-11,13-14H2,1H3,(H,22,26). The van der Waals surface area contributed by atoms with E-state index < -0.39 is 0 Å². The molecule has 0 saturated heterocycles. The van der Waals surface area contributed by atoms with Crippen LogP contribution in [0.1, 0.15) is 23.8 Å². The van der Waals surface area contributed by atoms with E-state index in [0.29, 0.717) is 13.1 Å². The van der Waals surface area contributed by atoms with Crippen molar-refractivity contribution in [2.75, 3.05) is 13.1 Å². The van der Waals surface area contributed by atoms with Crippen molar-refractivity contribution in [3.8, 4) is 0 Å². The van der Waals surface area contributed by atoms with Crippen LogP contribution in [0.4, 0.5) is 0 Å². The number of benzene rings is 1. The van der Waals surface area contributed by atoms with Gasteiger partial charge in [0.15, 0.2) is 0 Å². The fourth-order valence-corrected chi connectivity index (χ4v) is 4.75. The van der Waals surface area contributed by atoms with Crippen molar-refractivity contribution in [1.29, 1.82) is 0 Å². The molecule has 0 aliphatic carbocycles. The molecule has 3 aromatic rings. The van der Waals surface area contributed by atoms with Gasteiger partial charge in [0.05, 0.1) is 11.0 Å². The van der Waals surface area contributed by atoms with Crippen LogP contribution in [0.25, 0.3) is 11.0 Å². The Kier molecular flexibility index (Phi) is 5.53. The number of imidazole rings is 1. The smallest absolute Gasteiger partial charge is 0.329 e. The predicted molar refractivity (Wildman–Crippen MR) is 113 cm³/mol. The van der Waals surface area contributed by atoms with E-state index in [1.54, 1.807) is 15.9 Å². The SMILES string of the molecule is CCn1c(=O)n(CC(=O)NCCC(=O)N2CCc3sccc3C2)c2ccccc21. The first-order valence-electron chi connectivity index (χ1n) is 9.86. The van der Waals surface area contributed by atoms with Crippen LogP contribution in [0.5, 0.6) is 0 Å². The third kappa shape index (κ3) is 3.85. The van der Waals surface area contributed by atoms with Crippen molar-refractivity contribution < 1.29 is 9.59 Å². The molecule has 7 nitrogen and oxygen atoms in total. The summed E-state index contributed by atoms with van der Waals surface area (Å²) < 4.78 is 3.14. The molecular weight excluding hydrogens is 388 g/mol. The number of rotatable bonds is 6. The Bertz CT molecular complexity index is 1110. The lowest BCUT2D eigenvalue weighted by atomic mass is 10.1. The molecule has 1 aliphatic rings. The minimum absolute atomic E-state index is 0.0434. The number of aromatic nitrogens is 2. The molecule has 0 unspecified atom stereocenters. The van der Waals surface area contributed by atoms with Gasteiger partial charge in [-0.15, -0.1) is 11.3 Å². The second-order valence-corrected chi connectivity index (χ2v) is 8.14. The summed E-state index contributed by atoms with van der Waals surface area (Å²) in [6, 6.07) is 9.53. The summed E-state index contributed by atoms with van der Waals surface area (Å²) in [7, 11) is 0. The molecular formula is C21H24N4O3S. The zero-order valence-electron chi connectivity index (χ0n) is 16.4. The highest BCUT2D eigenvalue weighted by molar-refractivity contribution is 7.10. The zero-order chi connectivity index (χ0) is 20.4. The average molecular weight is 413 g/mol. The number of fused-ring (bicyclic) bond motifs is 2. The van der Waals surface area contributed by atoms with Crippen LogP contribution in [0.2, 0.25) is 0 Å². The van der Waals surface area contributed by atoms with E-state index in [9.17, 15) is 14.4 Å². The van der Waals surface area contributed by atoms with E-state index in [2.05, 4.69) is 16.8 Å². The van der Waals surface area contributed by atoms with Gasteiger partial charge >= 0.3 is 5.69 Å². The first kappa shape index (κ1) is 19.4. The van der Waals surface area contributed by atoms with Crippen molar-refractivity contribution in [1.82, 2.24) is 19.4 Å². The van der Waals surface area contributed by atoms with Crippen LogP contribution >= 0.6 is 11.3 Å². The minimum atomic E-state index is -0.266. The van der Waals surface area contributed by atoms with Crippen molar-refractivity contribution >= 4 is 34.2 Å². The van der Waals surface area contributed by atoms with Gasteiger partial charge in [-0.3, -0.25) is 18.7 Å². The Balaban J connectivity index is 1.33. The van der Waals surface area contributed by atoms with Crippen LogP contribution in [0.3, 0.4) is 0 Å². The van der Waals surface area contributed by atoms with Gasteiger partial charge in [-0.1, -0.05) is 12.1 Å². The highest BCUT2D eigenvalue weighted by Gasteiger charge is 2.21. The van der Waals surface area contributed by atoms with Crippen molar-refractivity contribution in [3.63, 3.8) is 0 Å². The molecule has 0 saturated carbocycles. The van der Waals surface area contributed by atoms with E-state index in [0.717, 1.165) is 24.0 Å². The number of para-hydroxylation sites is 2. The number of carbonyl (C=O) groups excluding carboxylic acids is 2. The zero-order valence-corrected chi connectivity index (χ0v) is 17.2. The van der Waals surface area contributed by atoms with Gasteiger partial charge in [0, 0.05) is 37.5 Å². The van der Waals surface area contributed by atoms with Gasteiger partial charge in [-0.25, -0.2) is 4.79 Å². The molecule has 2 aromatic heterocycles. The normalized spacial score (nSPS) is 13.5. The molecule has 3 heterocycles. The molecule has 1 aromatic carbocycles. The quantitative estimate of drug-likeness (QED) is 0.673. The number of hydrogen-bond donors (Lipinski definition) is 1. The lowest BCUT2D eigenvalue weighted by molar-refractivity contribution is -0.132. The van der Waals surface area contributed by atoms with Crippen molar-refractivity contribution in [2.45, 2.75) is 39.4 Å². The van der Waals surface area contributed by atoms with Crippen LogP contribution in [-0.2, 0) is 35.6 Å². The summed E-state index contributed by atoms with van der Waals surface area (Å²) in [5, 5.41) is 4.85. The molecule has 152 valence electrons. The molecule has 0 spiro atoms. The third-order valence-corrected chi connectivity index (χ3v) is 6.39. The molecule has 1 aliphatic heterocycles. The van der Waals surface area contributed by atoms with Crippen LogP contribution in [0.15, 0.2) is 40.5 Å². The van der Waals surface area contributed by atoms with Crippen LogP contribution in [0, 0.1) is 0 Å². The van der Waals surface area contributed by atoms with Crippen LogP contribution < -0.4 is 11.0 Å². The first-order chi connectivity index (χ1) is 14.1. The number of nitrogens with one attached hydrogen (secondary N) is 1. The highest BCUT2D eigenvalue weighted by atomic mass is 32.1. The number of amides is 2. The highest BCUT2D eigenvalue weighted by Crippen LogP contribution is 2.24. The van der Waals surface area contributed by atoms with Crippen molar-refractivity contribution in [3.05, 3.63) is 56.6 Å². The van der Waals surface area contributed by atoms with Gasteiger partial charge in [0.25, 0.3) is 0 Å². The molecule has 4 rings (SSSR count). The average Bonchev–Trinajstić information content (AvgIpc) is 3.30. The lowest BCUT2D eigenvalue weighted by Crippen LogP contribution is -2.38. The maximum atomic E-state index is 12.6. The lowest BCUT2D eigenvalue weighted by Gasteiger charge is -2.27. The molecule has 8 heteroatoms. The van der Waals surface area contributed by atoms with Crippen molar-refractivity contribution in [2.24, 2.45) is 0 Å². The van der Waals surface area contributed by atoms with E-state index in [-0.39, 0.29) is 37.0 Å². The summed E-state index contributed by atoms with van der Waals surface area (Å²) >= 11 is 1.74. The molecule has 0 bridgehead atoms. The molecule has 0 radical (unpaired) electrons. The van der Waals surface area contributed by atoms with Gasteiger partial charge in [0.2, 0.25) is 11.8 Å². The summed E-state index contributed by atoms with van der Waals surface area (Å²) in [5.41, 5.74) is 2.59. The fourth-order valence-electron chi connectivity index (χ4n) is 3.86. The molecule has 29 heavy (non-hydrogen) atoms. The second-order valence-electron chi connectivity index (χ2n) is 7.14. The van der Waals surface area contributed by atoms with Gasteiger partial charge in [-0.2, -0.15) is 0 Å². The Morgan fingerprint density at radius 1 is 1.14 bits per heavy atom. The predicted octanol–water partition coefficient (Wildman–Crippen LogP) is 1.98. The second kappa shape index (κ2) is 8.24. The molecule has 0 fully saturated rings. The fraction of sp³-hybridized carbons (Fsp3) is 0.381. The molecule has 1 N–H and O–H groups in total. The van der Waals surface area contributed by atoms with Gasteiger partial charge < -0.3 is 10.2 Å². The van der Waals surface area contributed by atoms with E-state index in [4.69, 9.17) is 0 Å². The maximum absolute atomic E-state index is 12.6. The van der Waals surface area contributed by atoms with Crippen LogP contribution in [-0.4, -0.2) is 38.9 Å². The number of nitrogens with zero attached hydrogens (tertiary/aromatic N) is 3. The summed E-state index contributed by atoms with van der Waals surface area (Å²) in [5.74, 6) is -0.223. The van der Waals surface area contributed by atoms with E-state index in [1.807, 2.05) is 36.1 Å². The monoisotopic (exact) mass is 412 g/mol. The Morgan fingerprint density at radius 2 is 1.90 bits per heavy atom. The molecule has 0 atom stereocenters. The number of hydrogen-bond acceptors (Lipinski definition) is 4. The van der Waals surface area contributed by atoms with E-state index in [1.165, 1.54) is 15.0 Å². The third-order valence-electron chi connectivity index (χ3n) is 5.36.